The first-order valence-electron chi connectivity index (χ1n) is 7.32. The van der Waals surface area contributed by atoms with Gasteiger partial charge in [-0.25, -0.2) is 0 Å². The van der Waals surface area contributed by atoms with Gasteiger partial charge >= 0.3 is 0 Å². The van der Waals surface area contributed by atoms with Gasteiger partial charge < -0.3 is 20.3 Å². The molecule has 0 saturated carbocycles. The van der Waals surface area contributed by atoms with Crippen LogP contribution in [0.3, 0.4) is 0 Å². The molecule has 23 heavy (non-hydrogen) atoms. The van der Waals surface area contributed by atoms with Gasteiger partial charge in [0.25, 0.3) is 5.91 Å². The fourth-order valence-corrected chi connectivity index (χ4v) is 1.85. The smallest absolute Gasteiger partial charge is 0.253 e. The Hall–Kier alpha value is -1.35. The minimum atomic E-state index is 0. The van der Waals surface area contributed by atoms with E-state index in [1.54, 1.807) is 33.2 Å². The van der Waals surface area contributed by atoms with E-state index in [0.717, 1.165) is 31.1 Å². The molecule has 0 saturated heterocycles. The normalized spacial score (nSPS) is 10.7. The van der Waals surface area contributed by atoms with Crippen LogP contribution in [0.1, 0.15) is 22.3 Å². The first-order valence-corrected chi connectivity index (χ1v) is 7.32. The van der Waals surface area contributed by atoms with Crippen LogP contribution in [0, 0.1) is 0 Å². The number of hydrogen-bond acceptors (Lipinski definition) is 3. The van der Waals surface area contributed by atoms with E-state index in [-0.39, 0.29) is 29.9 Å². The molecule has 1 aromatic carbocycles. The number of rotatable bonds is 7. The van der Waals surface area contributed by atoms with Gasteiger partial charge in [-0.15, -0.1) is 24.0 Å². The van der Waals surface area contributed by atoms with Gasteiger partial charge in [-0.3, -0.25) is 9.79 Å². The fraction of sp³-hybridized carbons (Fsp3) is 0.500. The molecule has 0 aliphatic heterocycles. The van der Waals surface area contributed by atoms with Crippen molar-refractivity contribution in [2.45, 2.75) is 13.0 Å². The highest BCUT2D eigenvalue weighted by Crippen LogP contribution is 2.06. The largest absolute Gasteiger partial charge is 0.385 e. The third-order valence-electron chi connectivity index (χ3n) is 3.11. The second-order valence-electron chi connectivity index (χ2n) is 5.10. The lowest BCUT2D eigenvalue weighted by molar-refractivity contribution is 0.0827. The SMILES string of the molecule is CN=C(NCCCOC)NCc1ccc(C(=O)N(C)C)cc1.I. The maximum atomic E-state index is 11.8. The number of carbonyl (C=O) groups excluding carboxylic acids is 1. The van der Waals surface area contributed by atoms with Crippen molar-refractivity contribution in [2.75, 3.05) is 41.4 Å². The van der Waals surface area contributed by atoms with Gasteiger partial charge in [0.2, 0.25) is 0 Å². The molecule has 0 spiro atoms. The molecule has 7 heteroatoms. The molecule has 0 atom stereocenters. The van der Waals surface area contributed by atoms with Crippen LogP contribution >= 0.6 is 24.0 Å². The molecule has 0 heterocycles. The zero-order valence-electron chi connectivity index (χ0n) is 14.3. The van der Waals surface area contributed by atoms with Gasteiger partial charge in [-0.05, 0) is 24.1 Å². The number of halogens is 1. The molecule has 0 fully saturated rings. The molecule has 0 aliphatic carbocycles. The molecule has 2 N–H and O–H groups in total. The minimum Gasteiger partial charge on any atom is -0.385 e. The predicted octanol–water partition coefficient (Wildman–Crippen LogP) is 1.71. The Kier molecular flexibility index (Phi) is 11.4. The highest BCUT2D eigenvalue weighted by molar-refractivity contribution is 14.0. The summed E-state index contributed by atoms with van der Waals surface area (Å²) in [6, 6.07) is 7.58. The van der Waals surface area contributed by atoms with E-state index in [9.17, 15) is 4.79 Å². The van der Waals surface area contributed by atoms with Crippen molar-refractivity contribution >= 4 is 35.8 Å². The second kappa shape index (κ2) is 12.1. The van der Waals surface area contributed by atoms with Gasteiger partial charge in [-0.1, -0.05) is 12.1 Å². The van der Waals surface area contributed by atoms with E-state index >= 15 is 0 Å². The quantitative estimate of drug-likeness (QED) is 0.297. The number of carbonyl (C=O) groups is 1. The average molecular weight is 434 g/mol. The summed E-state index contributed by atoms with van der Waals surface area (Å²) in [4.78, 5) is 17.5. The molecule has 1 rings (SSSR count). The lowest BCUT2D eigenvalue weighted by Crippen LogP contribution is -2.37. The number of methoxy groups -OCH3 is 1. The Morgan fingerprint density at radius 1 is 1.22 bits per heavy atom. The standard InChI is InChI=1S/C16H26N4O2.HI/c1-17-16(18-10-5-11-22-4)19-12-13-6-8-14(9-7-13)15(21)20(2)3;/h6-9H,5,10-12H2,1-4H3,(H2,17,18,19);1H. The number of hydrogen-bond donors (Lipinski definition) is 2. The highest BCUT2D eigenvalue weighted by Gasteiger charge is 2.07. The fourth-order valence-electron chi connectivity index (χ4n) is 1.85. The van der Waals surface area contributed by atoms with Crippen LogP contribution in [-0.2, 0) is 11.3 Å². The molecule has 0 unspecified atom stereocenters. The maximum Gasteiger partial charge on any atom is 0.253 e. The van der Waals surface area contributed by atoms with Gasteiger partial charge in [-0.2, -0.15) is 0 Å². The Balaban J connectivity index is 0.00000484. The molecule has 1 amide bonds. The third kappa shape index (κ3) is 8.17. The summed E-state index contributed by atoms with van der Waals surface area (Å²) in [5.41, 5.74) is 1.78. The summed E-state index contributed by atoms with van der Waals surface area (Å²) in [6.07, 6.45) is 0.929. The minimum absolute atomic E-state index is 0. The second-order valence-corrected chi connectivity index (χ2v) is 5.10. The third-order valence-corrected chi connectivity index (χ3v) is 3.11. The van der Waals surface area contributed by atoms with Crippen LogP contribution in [0.5, 0.6) is 0 Å². The zero-order valence-corrected chi connectivity index (χ0v) is 16.6. The Morgan fingerprint density at radius 3 is 2.39 bits per heavy atom. The Morgan fingerprint density at radius 2 is 1.87 bits per heavy atom. The molecule has 130 valence electrons. The van der Waals surface area contributed by atoms with Crippen LogP contribution in [-0.4, -0.2) is 58.2 Å². The van der Waals surface area contributed by atoms with Crippen LogP contribution < -0.4 is 10.6 Å². The predicted molar refractivity (Wildman–Crippen MR) is 105 cm³/mol. The molecule has 0 aliphatic rings. The summed E-state index contributed by atoms with van der Waals surface area (Å²) in [6.45, 7) is 2.19. The molecule has 1 aromatic rings. The van der Waals surface area contributed by atoms with E-state index in [2.05, 4.69) is 15.6 Å². The Bertz CT molecular complexity index is 489. The number of guanidine groups is 1. The van der Waals surface area contributed by atoms with E-state index < -0.39 is 0 Å². The van der Waals surface area contributed by atoms with Crippen molar-refractivity contribution in [1.29, 1.82) is 0 Å². The summed E-state index contributed by atoms with van der Waals surface area (Å²) < 4.78 is 5.00. The van der Waals surface area contributed by atoms with E-state index in [1.807, 2.05) is 24.3 Å². The van der Waals surface area contributed by atoms with Crippen LogP contribution in [0.15, 0.2) is 29.3 Å². The average Bonchev–Trinajstić information content (AvgIpc) is 2.54. The van der Waals surface area contributed by atoms with Crippen molar-refractivity contribution in [1.82, 2.24) is 15.5 Å². The van der Waals surface area contributed by atoms with Gasteiger partial charge in [0, 0.05) is 53.5 Å². The van der Waals surface area contributed by atoms with E-state index in [0.29, 0.717) is 12.1 Å². The van der Waals surface area contributed by atoms with Crippen LogP contribution in [0.25, 0.3) is 0 Å². The van der Waals surface area contributed by atoms with Gasteiger partial charge in [0.1, 0.15) is 0 Å². The molecule has 0 aromatic heterocycles. The van der Waals surface area contributed by atoms with Crippen LogP contribution in [0.4, 0.5) is 0 Å². The molecule has 0 radical (unpaired) electrons. The molecule has 6 nitrogen and oxygen atoms in total. The van der Waals surface area contributed by atoms with Crippen molar-refractivity contribution < 1.29 is 9.53 Å². The summed E-state index contributed by atoms with van der Waals surface area (Å²) in [5, 5.41) is 6.45. The highest BCUT2D eigenvalue weighted by atomic mass is 127. The first-order chi connectivity index (χ1) is 10.6. The number of aliphatic imine (C=N–C) groups is 1. The number of nitrogens with zero attached hydrogens (tertiary/aromatic N) is 2. The molecular formula is C16H27IN4O2. The lowest BCUT2D eigenvalue weighted by Gasteiger charge is -2.13. The molecule has 0 bridgehead atoms. The summed E-state index contributed by atoms with van der Waals surface area (Å²) in [7, 11) is 6.93. The van der Waals surface area contributed by atoms with Crippen molar-refractivity contribution in [2.24, 2.45) is 4.99 Å². The number of benzene rings is 1. The van der Waals surface area contributed by atoms with Crippen LogP contribution in [0.2, 0.25) is 0 Å². The summed E-state index contributed by atoms with van der Waals surface area (Å²) >= 11 is 0. The Labute approximate surface area is 155 Å². The van der Waals surface area contributed by atoms with Crippen molar-refractivity contribution in [3.8, 4) is 0 Å². The number of nitrogens with one attached hydrogen (secondary N) is 2. The first kappa shape index (κ1) is 21.6. The van der Waals surface area contributed by atoms with E-state index in [4.69, 9.17) is 4.74 Å². The number of ether oxygens (including phenoxy) is 1. The van der Waals surface area contributed by atoms with Crippen molar-refractivity contribution in [3.63, 3.8) is 0 Å². The van der Waals surface area contributed by atoms with Gasteiger partial charge in [0.15, 0.2) is 5.96 Å². The molecular weight excluding hydrogens is 407 g/mol. The van der Waals surface area contributed by atoms with E-state index in [1.165, 1.54) is 0 Å². The summed E-state index contributed by atoms with van der Waals surface area (Å²) in [5.74, 6) is 0.764. The maximum absolute atomic E-state index is 11.8. The zero-order chi connectivity index (χ0) is 16.4. The van der Waals surface area contributed by atoms with Gasteiger partial charge in [0.05, 0.1) is 0 Å². The number of amides is 1. The monoisotopic (exact) mass is 434 g/mol. The topological polar surface area (TPSA) is 66.0 Å². The van der Waals surface area contributed by atoms with Crippen molar-refractivity contribution in [3.05, 3.63) is 35.4 Å². The lowest BCUT2D eigenvalue weighted by atomic mass is 10.1.